The summed E-state index contributed by atoms with van der Waals surface area (Å²) >= 11 is 1.52. The monoisotopic (exact) mass is 479 g/mol. The van der Waals surface area contributed by atoms with Gasteiger partial charge in [-0.25, -0.2) is 0 Å². The van der Waals surface area contributed by atoms with Crippen LogP contribution in [0.15, 0.2) is 52.1 Å². The Labute approximate surface area is 203 Å². The van der Waals surface area contributed by atoms with Gasteiger partial charge in [0.15, 0.2) is 22.5 Å². The van der Waals surface area contributed by atoms with Crippen LogP contribution in [0.25, 0.3) is 22.8 Å². The van der Waals surface area contributed by atoms with Crippen molar-refractivity contribution in [2.45, 2.75) is 50.6 Å². The van der Waals surface area contributed by atoms with Crippen LogP contribution in [0.4, 0.5) is 0 Å². The van der Waals surface area contributed by atoms with E-state index in [4.69, 9.17) is 14.0 Å². The average molecular weight is 480 g/mol. The second kappa shape index (κ2) is 9.89. The first-order valence-corrected chi connectivity index (χ1v) is 12.0. The van der Waals surface area contributed by atoms with Gasteiger partial charge < -0.3 is 18.6 Å². The van der Waals surface area contributed by atoms with Crippen LogP contribution < -0.4 is 9.47 Å². The molecule has 0 atom stereocenters. The lowest BCUT2D eigenvalue weighted by molar-refractivity contribution is 0.355. The van der Waals surface area contributed by atoms with Crippen molar-refractivity contribution in [1.82, 2.24) is 24.9 Å². The number of benzene rings is 2. The van der Waals surface area contributed by atoms with Gasteiger partial charge in [0.05, 0.1) is 20.0 Å². The second-order valence-electron chi connectivity index (χ2n) is 8.75. The van der Waals surface area contributed by atoms with Crippen LogP contribution in [-0.2, 0) is 17.7 Å². The van der Waals surface area contributed by atoms with Crippen LogP contribution in [0.3, 0.4) is 0 Å². The lowest BCUT2D eigenvalue weighted by atomic mass is 9.87. The molecule has 0 saturated heterocycles. The molecule has 178 valence electrons. The summed E-state index contributed by atoms with van der Waals surface area (Å²) in [6, 6.07) is 14.0. The van der Waals surface area contributed by atoms with E-state index in [1.54, 1.807) is 14.2 Å². The quantitative estimate of drug-likeness (QED) is 0.301. The van der Waals surface area contributed by atoms with Gasteiger partial charge in [0, 0.05) is 17.7 Å². The molecule has 0 N–H and O–H groups in total. The normalized spacial score (nSPS) is 11.6. The Kier molecular flexibility index (Phi) is 6.92. The molecule has 0 radical (unpaired) electrons. The van der Waals surface area contributed by atoms with Crippen molar-refractivity contribution in [2.24, 2.45) is 0 Å². The van der Waals surface area contributed by atoms with Crippen molar-refractivity contribution in [3.8, 4) is 34.3 Å². The average Bonchev–Trinajstić information content (AvgIpc) is 3.48. The first-order chi connectivity index (χ1) is 16.3. The Bertz CT molecular complexity index is 1260. The predicted molar refractivity (Wildman–Crippen MR) is 132 cm³/mol. The number of hydrogen-bond donors (Lipinski definition) is 0. The summed E-state index contributed by atoms with van der Waals surface area (Å²) in [7, 11) is 3.19. The molecule has 0 amide bonds. The van der Waals surface area contributed by atoms with Gasteiger partial charge in [-0.2, -0.15) is 4.98 Å². The Hall–Kier alpha value is -3.33. The highest BCUT2D eigenvalue weighted by molar-refractivity contribution is 7.98. The van der Waals surface area contributed by atoms with Crippen molar-refractivity contribution < 1.29 is 14.0 Å². The minimum atomic E-state index is 0.109. The molecule has 0 aliphatic carbocycles. The van der Waals surface area contributed by atoms with Crippen LogP contribution >= 0.6 is 11.8 Å². The fourth-order valence-electron chi connectivity index (χ4n) is 3.55. The largest absolute Gasteiger partial charge is 0.493 e. The van der Waals surface area contributed by atoms with E-state index < -0.39 is 0 Å². The van der Waals surface area contributed by atoms with E-state index in [1.807, 2.05) is 18.2 Å². The molecule has 0 fully saturated rings. The molecule has 2 aromatic heterocycles. The van der Waals surface area contributed by atoms with E-state index in [0.29, 0.717) is 29.0 Å². The molecule has 8 nitrogen and oxygen atoms in total. The molecule has 0 aliphatic heterocycles. The second-order valence-corrected chi connectivity index (χ2v) is 9.69. The SMILES string of the molecule is CCn1c(SCc2nc(-c3ccc(OC)c(OC)c3)no2)nnc1-c1ccc(C(C)(C)C)cc1. The number of thioether (sulfide) groups is 1. The van der Waals surface area contributed by atoms with Crippen LogP contribution in [-0.4, -0.2) is 39.1 Å². The van der Waals surface area contributed by atoms with Crippen molar-refractivity contribution in [1.29, 1.82) is 0 Å². The van der Waals surface area contributed by atoms with Gasteiger partial charge in [-0.15, -0.1) is 10.2 Å². The molecule has 4 aromatic rings. The highest BCUT2D eigenvalue weighted by Crippen LogP contribution is 2.32. The van der Waals surface area contributed by atoms with Crippen molar-refractivity contribution in [3.05, 3.63) is 53.9 Å². The summed E-state index contributed by atoms with van der Waals surface area (Å²) in [5.41, 5.74) is 3.23. The van der Waals surface area contributed by atoms with E-state index in [2.05, 4.69) is 76.9 Å². The fraction of sp³-hybridized carbons (Fsp3) is 0.360. The van der Waals surface area contributed by atoms with E-state index >= 15 is 0 Å². The maximum absolute atomic E-state index is 5.47. The zero-order chi connectivity index (χ0) is 24.3. The van der Waals surface area contributed by atoms with Gasteiger partial charge >= 0.3 is 0 Å². The molecule has 0 bridgehead atoms. The standard InChI is InChI=1S/C25H29N5O3S/c1-7-30-23(16-8-11-18(12-9-16)25(2,3)4)27-28-24(30)34-15-21-26-22(29-33-21)17-10-13-19(31-5)20(14-17)32-6/h8-14H,7,15H2,1-6H3. The van der Waals surface area contributed by atoms with Crippen LogP contribution in [0.5, 0.6) is 11.5 Å². The maximum atomic E-state index is 5.47. The number of hydrogen-bond acceptors (Lipinski definition) is 8. The molecule has 0 spiro atoms. The predicted octanol–water partition coefficient (Wildman–Crippen LogP) is 5.62. The summed E-state index contributed by atoms with van der Waals surface area (Å²) in [5.74, 6) is 3.60. The zero-order valence-electron chi connectivity index (χ0n) is 20.3. The third-order valence-electron chi connectivity index (χ3n) is 5.48. The highest BCUT2D eigenvalue weighted by Gasteiger charge is 2.18. The minimum absolute atomic E-state index is 0.109. The molecule has 4 rings (SSSR count). The summed E-state index contributed by atoms with van der Waals surface area (Å²) in [4.78, 5) is 4.53. The highest BCUT2D eigenvalue weighted by atomic mass is 32.2. The van der Waals surface area contributed by atoms with Gasteiger partial charge in [-0.3, -0.25) is 0 Å². The third-order valence-corrected chi connectivity index (χ3v) is 6.43. The van der Waals surface area contributed by atoms with Gasteiger partial charge in [0.2, 0.25) is 11.7 Å². The first-order valence-electron chi connectivity index (χ1n) is 11.1. The number of ether oxygens (including phenoxy) is 2. The van der Waals surface area contributed by atoms with Crippen LogP contribution in [0, 0.1) is 0 Å². The minimum Gasteiger partial charge on any atom is -0.493 e. The molecular formula is C25H29N5O3S. The van der Waals surface area contributed by atoms with Crippen molar-refractivity contribution >= 4 is 11.8 Å². The van der Waals surface area contributed by atoms with Crippen molar-refractivity contribution in [3.63, 3.8) is 0 Å². The first kappa shape index (κ1) is 23.8. The Balaban J connectivity index is 1.49. The smallest absolute Gasteiger partial charge is 0.237 e. The number of nitrogens with zero attached hydrogens (tertiary/aromatic N) is 5. The van der Waals surface area contributed by atoms with E-state index in [1.165, 1.54) is 17.3 Å². The number of aromatic nitrogens is 5. The maximum Gasteiger partial charge on any atom is 0.237 e. The van der Waals surface area contributed by atoms with Gasteiger partial charge in [0.1, 0.15) is 0 Å². The van der Waals surface area contributed by atoms with Gasteiger partial charge in [-0.05, 0) is 36.1 Å². The zero-order valence-corrected chi connectivity index (χ0v) is 21.1. The van der Waals surface area contributed by atoms with Crippen molar-refractivity contribution in [2.75, 3.05) is 14.2 Å². The summed E-state index contributed by atoms with van der Waals surface area (Å²) in [6.07, 6.45) is 0. The number of rotatable bonds is 8. The summed E-state index contributed by atoms with van der Waals surface area (Å²) < 4.78 is 18.2. The lowest BCUT2D eigenvalue weighted by Gasteiger charge is -2.19. The van der Waals surface area contributed by atoms with Crippen LogP contribution in [0.1, 0.15) is 39.1 Å². The molecule has 9 heteroatoms. The summed E-state index contributed by atoms with van der Waals surface area (Å²) in [5, 5.41) is 13.8. The molecule has 0 saturated carbocycles. The van der Waals surface area contributed by atoms with Gasteiger partial charge in [0.25, 0.3) is 0 Å². The molecule has 0 unspecified atom stereocenters. The Morgan fingerprint density at radius 1 is 0.941 bits per heavy atom. The van der Waals surface area contributed by atoms with E-state index in [9.17, 15) is 0 Å². The molecular weight excluding hydrogens is 450 g/mol. The molecule has 0 aliphatic rings. The molecule has 2 aromatic carbocycles. The number of methoxy groups -OCH3 is 2. The van der Waals surface area contributed by atoms with Crippen LogP contribution in [0.2, 0.25) is 0 Å². The Morgan fingerprint density at radius 3 is 2.29 bits per heavy atom. The lowest BCUT2D eigenvalue weighted by Crippen LogP contribution is -2.10. The topological polar surface area (TPSA) is 88.1 Å². The van der Waals surface area contributed by atoms with E-state index in [0.717, 1.165) is 28.7 Å². The Morgan fingerprint density at radius 2 is 1.65 bits per heavy atom. The van der Waals surface area contributed by atoms with Gasteiger partial charge in [-0.1, -0.05) is 62.0 Å². The molecule has 2 heterocycles. The third kappa shape index (κ3) is 4.94. The summed E-state index contributed by atoms with van der Waals surface area (Å²) in [6.45, 7) is 9.47. The van der Waals surface area contributed by atoms with E-state index in [-0.39, 0.29) is 5.41 Å². The fourth-order valence-corrected chi connectivity index (χ4v) is 4.39. The molecule has 34 heavy (non-hydrogen) atoms.